The van der Waals surface area contributed by atoms with Crippen molar-refractivity contribution in [2.24, 2.45) is 0 Å². The Morgan fingerprint density at radius 3 is 2.63 bits per heavy atom. The summed E-state index contributed by atoms with van der Waals surface area (Å²) in [6.45, 7) is 2.21. The highest BCUT2D eigenvalue weighted by molar-refractivity contribution is 6.42. The van der Waals surface area contributed by atoms with Gasteiger partial charge in [0.1, 0.15) is 0 Å². The summed E-state index contributed by atoms with van der Waals surface area (Å²) in [5, 5.41) is 13.5. The van der Waals surface area contributed by atoms with Crippen LogP contribution >= 0.6 is 23.2 Å². The molecule has 0 spiro atoms. The highest BCUT2D eigenvalue weighted by Gasteiger charge is 2.18. The van der Waals surface area contributed by atoms with Crippen molar-refractivity contribution in [3.8, 4) is 11.5 Å². The first-order valence-corrected chi connectivity index (χ1v) is 9.07. The van der Waals surface area contributed by atoms with Gasteiger partial charge in [-0.3, -0.25) is 4.79 Å². The molecule has 27 heavy (non-hydrogen) atoms. The fraction of sp³-hybridized carbons (Fsp3) is 0.250. The first kappa shape index (κ1) is 21.1. The number of aliphatic hydroxyl groups excluding tert-OH is 1. The number of carbonyl (C=O) groups is 1. The van der Waals surface area contributed by atoms with Crippen molar-refractivity contribution < 1.29 is 19.4 Å². The number of ether oxygens (including phenoxy) is 2. The molecular formula is C20H21Cl2NO4. The van der Waals surface area contributed by atoms with Gasteiger partial charge in [-0.1, -0.05) is 41.4 Å². The van der Waals surface area contributed by atoms with Crippen LogP contribution in [0.3, 0.4) is 0 Å². The maximum absolute atomic E-state index is 12.1. The highest BCUT2D eigenvalue weighted by Crippen LogP contribution is 2.28. The summed E-state index contributed by atoms with van der Waals surface area (Å²) in [7, 11) is 1.57. The van der Waals surface area contributed by atoms with E-state index in [4.69, 9.17) is 32.7 Å². The Kier molecular flexibility index (Phi) is 7.98. The number of methoxy groups -OCH3 is 1. The standard InChI is InChI=1S/C20H21Cl2NO4/c1-3-10-27-17-7-4-13(11-18(17)26-2)8-9-23-20(25)19(24)14-5-6-15(21)16(22)12-14/h3-7,10-12,19,24H,8-9H2,1-2H3,(H,23,25)/b10-3-. The normalized spacial score (nSPS) is 12.0. The molecule has 0 heterocycles. The first-order valence-electron chi connectivity index (χ1n) is 8.31. The van der Waals surface area contributed by atoms with E-state index in [2.05, 4.69) is 5.32 Å². The summed E-state index contributed by atoms with van der Waals surface area (Å²) in [4.78, 5) is 12.1. The van der Waals surface area contributed by atoms with Gasteiger partial charge in [-0.25, -0.2) is 0 Å². The van der Waals surface area contributed by atoms with E-state index in [1.54, 1.807) is 37.6 Å². The van der Waals surface area contributed by atoms with Crippen LogP contribution in [0.15, 0.2) is 48.7 Å². The van der Waals surface area contributed by atoms with Crippen LogP contribution in [0.1, 0.15) is 24.2 Å². The lowest BCUT2D eigenvalue weighted by Crippen LogP contribution is -2.31. The third-order valence-electron chi connectivity index (χ3n) is 3.78. The van der Waals surface area contributed by atoms with Gasteiger partial charge in [0.2, 0.25) is 0 Å². The monoisotopic (exact) mass is 409 g/mol. The summed E-state index contributed by atoms with van der Waals surface area (Å²) in [6.07, 6.45) is 2.61. The highest BCUT2D eigenvalue weighted by atomic mass is 35.5. The fourth-order valence-electron chi connectivity index (χ4n) is 2.37. The van der Waals surface area contributed by atoms with Crippen LogP contribution in [-0.2, 0) is 11.2 Å². The maximum Gasteiger partial charge on any atom is 0.253 e. The van der Waals surface area contributed by atoms with Gasteiger partial charge in [0, 0.05) is 6.54 Å². The number of rotatable bonds is 8. The lowest BCUT2D eigenvalue weighted by atomic mass is 10.1. The lowest BCUT2D eigenvalue weighted by Gasteiger charge is -2.13. The molecule has 0 aliphatic heterocycles. The van der Waals surface area contributed by atoms with E-state index in [9.17, 15) is 9.90 Å². The quantitative estimate of drug-likeness (QED) is 0.637. The topological polar surface area (TPSA) is 67.8 Å². The molecule has 144 valence electrons. The third-order valence-corrected chi connectivity index (χ3v) is 4.52. The molecule has 0 bridgehead atoms. The van der Waals surface area contributed by atoms with E-state index in [0.717, 1.165) is 5.56 Å². The van der Waals surface area contributed by atoms with Gasteiger partial charge < -0.3 is 19.9 Å². The molecule has 7 heteroatoms. The van der Waals surface area contributed by atoms with E-state index < -0.39 is 12.0 Å². The number of carbonyl (C=O) groups excluding carboxylic acids is 1. The van der Waals surface area contributed by atoms with Gasteiger partial charge in [0.05, 0.1) is 23.4 Å². The minimum atomic E-state index is -1.31. The number of aliphatic hydroxyl groups is 1. The van der Waals surface area contributed by atoms with Gasteiger partial charge in [-0.05, 0) is 48.7 Å². The first-order chi connectivity index (χ1) is 13.0. The SMILES string of the molecule is C/C=C\Oc1ccc(CCNC(=O)C(O)c2ccc(Cl)c(Cl)c2)cc1OC. The Bertz CT molecular complexity index is 824. The number of halogens is 2. The molecule has 0 fully saturated rings. The van der Waals surface area contributed by atoms with E-state index in [1.165, 1.54) is 6.07 Å². The Morgan fingerprint density at radius 1 is 1.19 bits per heavy atom. The van der Waals surface area contributed by atoms with Crippen LogP contribution in [0.4, 0.5) is 0 Å². The molecule has 1 atom stereocenters. The van der Waals surface area contributed by atoms with Crippen molar-refractivity contribution in [1.29, 1.82) is 0 Å². The average Bonchev–Trinajstić information content (AvgIpc) is 2.68. The minimum absolute atomic E-state index is 0.285. The van der Waals surface area contributed by atoms with Crippen molar-refractivity contribution in [1.82, 2.24) is 5.32 Å². The van der Waals surface area contributed by atoms with Crippen molar-refractivity contribution >= 4 is 29.1 Å². The molecule has 2 aromatic carbocycles. The number of amides is 1. The summed E-state index contributed by atoms with van der Waals surface area (Å²) >= 11 is 11.8. The van der Waals surface area contributed by atoms with Crippen molar-refractivity contribution in [3.63, 3.8) is 0 Å². The summed E-state index contributed by atoms with van der Waals surface area (Å²) in [6, 6.07) is 10.1. The van der Waals surface area contributed by atoms with Crippen molar-refractivity contribution in [3.05, 3.63) is 69.9 Å². The van der Waals surface area contributed by atoms with E-state index in [0.29, 0.717) is 35.1 Å². The molecule has 0 aromatic heterocycles. The van der Waals surface area contributed by atoms with E-state index >= 15 is 0 Å². The van der Waals surface area contributed by atoms with E-state index in [-0.39, 0.29) is 5.02 Å². The predicted molar refractivity (Wildman–Crippen MR) is 107 cm³/mol. The van der Waals surface area contributed by atoms with Crippen LogP contribution in [0, 0.1) is 0 Å². The largest absolute Gasteiger partial charge is 0.493 e. The van der Waals surface area contributed by atoms with Gasteiger partial charge >= 0.3 is 0 Å². The smallest absolute Gasteiger partial charge is 0.253 e. The molecule has 5 nitrogen and oxygen atoms in total. The molecule has 0 aliphatic carbocycles. The molecule has 2 aromatic rings. The van der Waals surface area contributed by atoms with Crippen molar-refractivity contribution in [2.75, 3.05) is 13.7 Å². The van der Waals surface area contributed by atoms with E-state index in [1.807, 2.05) is 19.1 Å². The zero-order valence-electron chi connectivity index (χ0n) is 15.0. The van der Waals surface area contributed by atoms with Crippen molar-refractivity contribution in [2.45, 2.75) is 19.4 Å². The Morgan fingerprint density at radius 2 is 1.96 bits per heavy atom. The second kappa shape index (κ2) is 10.2. The molecule has 0 aliphatic rings. The van der Waals surface area contributed by atoms with Crippen LogP contribution in [0.2, 0.25) is 10.0 Å². The molecule has 1 amide bonds. The number of hydrogen-bond donors (Lipinski definition) is 2. The lowest BCUT2D eigenvalue weighted by molar-refractivity contribution is -0.129. The van der Waals surface area contributed by atoms with Gasteiger partial charge in [-0.2, -0.15) is 0 Å². The second-order valence-electron chi connectivity index (χ2n) is 5.69. The van der Waals surface area contributed by atoms with Crippen LogP contribution in [-0.4, -0.2) is 24.7 Å². The zero-order valence-corrected chi connectivity index (χ0v) is 16.6. The number of allylic oxidation sites excluding steroid dienone is 1. The molecule has 0 radical (unpaired) electrons. The Balaban J connectivity index is 1.93. The Hall–Kier alpha value is -2.21. The summed E-state index contributed by atoms with van der Waals surface area (Å²) in [5.41, 5.74) is 1.35. The van der Waals surface area contributed by atoms with Crippen LogP contribution < -0.4 is 14.8 Å². The predicted octanol–water partition coefficient (Wildman–Crippen LogP) is 4.31. The molecule has 0 saturated carbocycles. The summed E-state index contributed by atoms with van der Waals surface area (Å²) in [5.74, 6) is 0.708. The Labute approximate surface area is 168 Å². The van der Waals surface area contributed by atoms with Crippen LogP contribution in [0.25, 0.3) is 0 Å². The minimum Gasteiger partial charge on any atom is -0.493 e. The maximum atomic E-state index is 12.1. The van der Waals surface area contributed by atoms with Gasteiger partial charge in [0.25, 0.3) is 5.91 Å². The van der Waals surface area contributed by atoms with Crippen LogP contribution in [0.5, 0.6) is 11.5 Å². The third kappa shape index (κ3) is 5.89. The molecule has 0 saturated heterocycles. The molecule has 2 N–H and O–H groups in total. The summed E-state index contributed by atoms with van der Waals surface area (Å²) < 4.78 is 10.8. The van der Waals surface area contributed by atoms with Gasteiger partial charge in [0.15, 0.2) is 17.6 Å². The van der Waals surface area contributed by atoms with Gasteiger partial charge in [-0.15, -0.1) is 0 Å². The number of benzene rings is 2. The fourth-order valence-corrected chi connectivity index (χ4v) is 2.67. The zero-order chi connectivity index (χ0) is 19.8. The molecule has 2 rings (SSSR count). The number of hydrogen-bond acceptors (Lipinski definition) is 4. The average molecular weight is 410 g/mol. The second-order valence-corrected chi connectivity index (χ2v) is 6.50. The molecular weight excluding hydrogens is 389 g/mol. The number of nitrogens with one attached hydrogen (secondary N) is 1. The molecule has 1 unspecified atom stereocenters.